The monoisotopic (exact) mass is 462 g/mol. The van der Waals surface area contributed by atoms with Gasteiger partial charge in [-0.15, -0.1) is 0 Å². The molecule has 0 unspecified atom stereocenters. The van der Waals surface area contributed by atoms with Crippen LogP contribution in [0.1, 0.15) is 12.8 Å². The fraction of sp³-hybridized carbons (Fsp3) is 0.952. The van der Waals surface area contributed by atoms with Gasteiger partial charge in [-0.1, -0.05) is 102 Å². The zero-order valence-electron chi connectivity index (χ0n) is 20.8. The van der Waals surface area contributed by atoms with E-state index < -0.39 is 38.5 Å². The molecule has 0 amide bonds. The summed E-state index contributed by atoms with van der Waals surface area (Å²) in [5, 5.41) is 0. The van der Waals surface area contributed by atoms with Gasteiger partial charge in [0.15, 0.2) is 0 Å². The lowest BCUT2D eigenvalue weighted by molar-refractivity contribution is 0.0553. The third kappa shape index (κ3) is 18.2. The molecule has 168 valence electrons. The third-order valence-corrected chi connectivity index (χ3v) is 16.7. The first-order chi connectivity index (χ1) is 12.5. The standard InChI is InChI=1S/C21H50O3Si4/c1-25(2,3)17-19-27(7,8)15-11-13-23-21(22)24-14-12-16-28(9,10)20-18-26(4,5)6/h11-20H2,1-10H3. The Bertz CT molecular complexity index is 412. The molecule has 0 aromatic heterocycles. The van der Waals surface area contributed by atoms with Crippen molar-refractivity contribution in [2.75, 3.05) is 13.2 Å². The molecule has 0 heterocycles. The fourth-order valence-electron chi connectivity index (χ4n) is 3.13. The topological polar surface area (TPSA) is 35.5 Å². The van der Waals surface area contributed by atoms with Crippen LogP contribution in [-0.4, -0.2) is 51.7 Å². The van der Waals surface area contributed by atoms with Gasteiger partial charge in [0.2, 0.25) is 0 Å². The summed E-state index contributed by atoms with van der Waals surface area (Å²) in [6.45, 7) is 25.6. The van der Waals surface area contributed by atoms with Crippen molar-refractivity contribution < 1.29 is 14.3 Å². The van der Waals surface area contributed by atoms with Gasteiger partial charge in [0.05, 0.1) is 13.2 Å². The van der Waals surface area contributed by atoms with Crippen molar-refractivity contribution >= 4 is 38.5 Å². The maximum atomic E-state index is 11.8. The first-order valence-corrected chi connectivity index (χ1v) is 25.6. The van der Waals surface area contributed by atoms with Gasteiger partial charge in [0.25, 0.3) is 0 Å². The summed E-state index contributed by atoms with van der Waals surface area (Å²) in [5.74, 6) is 0. The second-order valence-electron chi connectivity index (χ2n) is 12.6. The highest BCUT2D eigenvalue weighted by Gasteiger charge is 2.25. The van der Waals surface area contributed by atoms with Crippen molar-refractivity contribution in [1.29, 1.82) is 0 Å². The molecule has 3 nitrogen and oxygen atoms in total. The predicted octanol–water partition coefficient (Wildman–Crippen LogP) is 8.01. The average molecular weight is 463 g/mol. The number of hydrogen-bond acceptors (Lipinski definition) is 3. The molecule has 0 rings (SSSR count). The van der Waals surface area contributed by atoms with E-state index in [2.05, 4.69) is 65.5 Å². The summed E-state index contributed by atoms with van der Waals surface area (Å²) in [7, 11) is -4.19. The number of hydrogen-bond donors (Lipinski definition) is 0. The molecule has 7 heteroatoms. The molecule has 0 aliphatic heterocycles. The Morgan fingerprint density at radius 2 is 0.857 bits per heavy atom. The van der Waals surface area contributed by atoms with Crippen molar-refractivity contribution in [2.45, 2.75) is 115 Å². The molecule has 28 heavy (non-hydrogen) atoms. The molecule has 0 N–H and O–H groups in total. The second kappa shape index (κ2) is 12.1. The Kier molecular flexibility index (Phi) is 12.2. The molecule has 0 aliphatic rings. The van der Waals surface area contributed by atoms with E-state index in [9.17, 15) is 4.79 Å². The largest absolute Gasteiger partial charge is 0.508 e. The zero-order chi connectivity index (χ0) is 22.1. The maximum absolute atomic E-state index is 11.8. The van der Waals surface area contributed by atoms with Gasteiger partial charge >= 0.3 is 6.16 Å². The third-order valence-electron chi connectivity index (χ3n) is 5.54. The SMILES string of the molecule is C[Si](C)(C)CC[Si](C)(C)CCCOC(=O)OCCC[Si](C)(C)CC[Si](C)(C)C. The summed E-state index contributed by atoms with van der Waals surface area (Å²) < 4.78 is 10.6. The van der Waals surface area contributed by atoms with Gasteiger partial charge in [-0.05, 0) is 12.8 Å². The first kappa shape index (κ1) is 28.1. The van der Waals surface area contributed by atoms with Crippen LogP contribution < -0.4 is 0 Å². The van der Waals surface area contributed by atoms with E-state index in [4.69, 9.17) is 9.47 Å². The molecule has 0 aromatic carbocycles. The Morgan fingerprint density at radius 3 is 1.14 bits per heavy atom. The van der Waals surface area contributed by atoms with Crippen LogP contribution in [0.2, 0.25) is 102 Å². The van der Waals surface area contributed by atoms with Crippen molar-refractivity contribution in [1.82, 2.24) is 0 Å². The number of rotatable bonds is 14. The summed E-state index contributed by atoms with van der Waals surface area (Å²) in [6, 6.07) is 8.14. The Balaban J connectivity index is 3.85. The quantitative estimate of drug-likeness (QED) is 0.149. The Labute approximate surface area is 180 Å². The molecule has 0 fully saturated rings. The minimum atomic E-state index is -1.15. The van der Waals surface area contributed by atoms with Gasteiger partial charge in [-0.2, -0.15) is 0 Å². The summed E-state index contributed by atoms with van der Waals surface area (Å²) in [6.07, 6.45) is 1.50. The van der Waals surface area contributed by atoms with E-state index >= 15 is 0 Å². The van der Waals surface area contributed by atoms with Gasteiger partial charge in [-0.25, -0.2) is 4.79 Å². The fourth-order valence-corrected chi connectivity index (χ4v) is 17.2. The molecule has 0 saturated heterocycles. The highest BCUT2D eigenvalue weighted by Crippen LogP contribution is 2.25. The highest BCUT2D eigenvalue weighted by atomic mass is 28.3. The van der Waals surface area contributed by atoms with Crippen LogP contribution >= 0.6 is 0 Å². The van der Waals surface area contributed by atoms with Gasteiger partial charge in [0.1, 0.15) is 0 Å². The Hall–Kier alpha value is 0.138. The lowest BCUT2D eigenvalue weighted by atomic mass is 10.5. The van der Waals surface area contributed by atoms with Crippen molar-refractivity contribution in [3.05, 3.63) is 0 Å². The summed E-state index contributed by atoms with van der Waals surface area (Å²) >= 11 is 0. The van der Waals surface area contributed by atoms with E-state index in [0.717, 1.165) is 12.8 Å². The molecule has 0 saturated carbocycles. The van der Waals surface area contributed by atoms with Crippen molar-refractivity contribution in [3.63, 3.8) is 0 Å². The van der Waals surface area contributed by atoms with E-state index in [1.165, 1.54) is 36.3 Å². The summed E-state index contributed by atoms with van der Waals surface area (Å²) in [5.41, 5.74) is 0. The van der Waals surface area contributed by atoms with Crippen LogP contribution in [0.15, 0.2) is 0 Å². The second-order valence-corrected chi connectivity index (χ2v) is 34.5. The minimum absolute atomic E-state index is 0.469. The van der Waals surface area contributed by atoms with E-state index in [1.54, 1.807) is 0 Å². The Morgan fingerprint density at radius 1 is 0.536 bits per heavy atom. The van der Waals surface area contributed by atoms with Gasteiger partial charge < -0.3 is 9.47 Å². The lowest BCUT2D eigenvalue weighted by Crippen LogP contribution is -2.30. The van der Waals surface area contributed by atoms with Crippen molar-refractivity contribution in [2.24, 2.45) is 0 Å². The highest BCUT2D eigenvalue weighted by molar-refractivity contribution is 6.82. The normalized spacial score (nSPS) is 13.5. The van der Waals surface area contributed by atoms with Crippen LogP contribution in [-0.2, 0) is 9.47 Å². The molecule has 0 aromatic rings. The van der Waals surface area contributed by atoms with Crippen LogP contribution in [0, 0.1) is 0 Å². The molecule has 0 radical (unpaired) electrons. The van der Waals surface area contributed by atoms with Gasteiger partial charge in [0, 0.05) is 32.3 Å². The lowest BCUT2D eigenvalue weighted by Gasteiger charge is -2.26. The number of carbonyl (C=O) groups is 1. The number of ether oxygens (including phenoxy) is 2. The van der Waals surface area contributed by atoms with Crippen LogP contribution in [0.25, 0.3) is 0 Å². The predicted molar refractivity (Wildman–Crippen MR) is 137 cm³/mol. The number of carbonyl (C=O) groups excluding carboxylic acids is 1. The maximum Gasteiger partial charge on any atom is 0.508 e. The average Bonchev–Trinajstić information content (AvgIpc) is 2.51. The van der Waals surface area contributed by atoms with E-state index in [0.29, 0.717) is 13.2 Å². The molecular weight excluding hydrogens is 413 g/mol. The van der Waals surface area contributed by atoms with E-state index in [-0.39, 0.29) is 0 Å². The minimum Gasteiger partial charge on any atom is -0.434 e. The molecular formula is C21H50O3Si4. The summed E-state index contributed by atoms with van der Waals surface area (Å²) in [4.78, 5) is 11.8. The molecule has 0 atom stereocenters. The van der Waals surface area contributed by atoms with Gasteiger partial charge in [-0.3, -0.25) is 0 Å². The van der Waals surface area contributed by atoms with E-state index in [1.807, 2.05) is 0 Å². The molecule has 0 bridgehead atoms. The molecule has 0 spiro atoms. The van der Waals surface area contributed by atoms with Crippen molar-refractivity contribution in [3.8, 4) is 0 Å². The smallest absolute Gasteiger partial charge is 0.434 e. The van der Waals surface area contributed by atoms with Crippen LogP contribution in [0.5, 0.6) is 0 Å². The first-order valence-electron chi connectivity index (χ1n) is 11.3. The van der Waals surface area contributed by atoms with Crippen LogP contribution in [0.4, 0.5) is 4.79 Å². The zero-order valence-corrected chi connectivity index (χ0v) is 24.8. The van der Waals surface area contributed by atoms with Crippen LogP contribution in [0.3, 0.4) is 0 Å². The molecule has 0 aliphatic carbocycles.